The van der Waals surface area contributed by atoms with Crippen LogP contribution in [-0.4, -0.2) is 195 Å². The number of hydrogen-bond donors (Lipinski definition) is 15. The number of aliphatic hydroxyl groups is 1. The van der Waals surface area contributed by atoms with Crippen molar-refractivity contribution in [3.8, 4) is 0 Å². The summed E-state index contributed by atoms with van der Waals surface area (Å²) in [6, 6.07) is -13.4. The summed E-state index contributed by atoms with van der Waals surface area (Å²) in [6.07, 6.45) is -4.23. The van der Waals surface area contributed by atoms with Crippen LogP contribution in [-0.2, 0) is 101 Å². The average molecular weight is 1740 g/mol. The normalized spacial score (nSPS) is 20.9. The largest absolute Gasteiger partial charge is 0.481 e. The molecule has 0 bridgehead atoms. The number of amides is 13. The highest BCUT2D eigenvalue weighted by Crippen LogP contribution is 2.26. The van der Waals surface area contributed by atoms with Crippen molar-refractivity contribution in [3.05, 3.63) is 0 Å². The van der Waals surface area contributed by atoms with Crippen LogP contribution < -0.4 is 70.8 Å². The summed E-state index contributed by atoms with van der Waals surface area (Å²) in [5, 5.41) is 44.1. The number of Topliss-reactive ketones (excluding diaryl/α,β-unsaturated/α-hetero) is 5. The van der Waals surface area contributed by atoms with E-state index in [4.69, 9.17) is 27.7 Å². The van der Waals surface area contributed by atoms with Crippen molar-refractivity contribution in [1.82, 2.24) is 47.9 Å². The molecule has 16 atom stereocenters. The molecular weight excluding hydrogens is 1600 g/mol. The van der Waals surface area contributed by atoms with Crippen LogP contribution in [0.15, 0.2) is 0 Å². The van der Waals surface area contributed by atoms with Gasteiger partial charge in [-0.2, -0.15) is 0 Å². The number of cyclic esters (lactones) is 1. The molecule has 0 saturated carbocycles. The molecule has 0 aromatic rings. The number of nitrogens with one attached hydrogen (secondary N) is 9. The molecule has 1 rings (SSSR count). The number of nitrogens with two attached hydrogens (primary N) is 4. The minimum atomic E-state index is -1.93. The van der Waals surface area contributed by atoms with Crippen LogP contribution in [0.25, 0.3) is 0 Å². The number of carboxylic acids is 1. The Balaban J connectivity index is 4.15. The van der Waals surface area contributed by atoms with Gasteiger partial charge < -0.3 is 85.7 Å². The third-order valence-corrected chi connectivity index (χ3v) is 21.7. The molecule has 0 aliphatic carbocycles. The molecule has 1 aliphatic rings. The van der Waals surface area contributed by atoms with E-state index in [1.165, 1.54) is 6.92 Å². The number of carbonyl (C=O) groups excluding carboxylic acids is 19. The molecule has 0 radical (unpaired) electrons. The molecule has 0 unspecified atom stereocenters. The zero-order valence-corrected chi connectivity index (χ0v) is 75.5. The zero-order valence-electron chi connectivity index (χ0n) is 75.5. The van der Waals surface area contributed by atoms with Crippen molar-refractivity contribution in [2.45, 2.75) is 351 Å². The van der Waals surface area contributed by atoms with Crippen molar-refractivity contribution in [3.63, 3.8) is 0 Å². The maximum Gasteiger partial charge on any atom is 0.329 e. The predicted octanol–water partition coefficient (Wildman–Crippen LogP) is 3.77. The number of primary amides is 4. The summed E-state index contributed by atoms with van der Waals surface area (Å²) < 4.78 is 5.82. The molecule has 1 fully saturated rings. The molecule has 698 valence electrons. The molecule has 36 heteroatoms. The third-order valence-electron chi connectivity index (χ3n) is 21.7. The van der Waals surface area contributed by atoms with Crippen LogP contribution in [0.2, 0.25) is 0 Å². The van der Waals surface area contributed by atoms with Gasteiger partial charge in [-0.1, -0.05) is 149 Å². The molecular formula is C87H147N13O23. The van der Waals surface area contributed by atoms with Crippen LogP contribution in [0.1, 0.15) is 291 Å². The number of carbonyl (C=O) groups is 20. The Labute approximate surface area is 724 Å². The molecule has 0 aromatic heterocycles. The predicted molar refractivity (Wildman–Crippen MR) is 456 cm³/mol. The Morgan fingerprint density at radius 2 is 0.911 bits per heavy atom. The number of ether oxygens (including phenoxy) is 1. The number of aliphatic carboxylic acids is 1. The second-order valence-corrected chi connectivity index (χ2v) is 35.9. The number of ketones is 5. The van der Waals surface area contributed by atoms with E-state index in [1.807, 2.05) is 0 Å². The van der Waals surface area contributed by atoms with E-state index in [0.29, 0.717) is 12.8 Å². The van der Waals surface area contributed by atoms with Gasteiger partial charge in [-0.05, 0) is 112 Å². The number of carboxylic acid groups (broad SMARTS) is 1. The van der Waals surface area contributed by atoms with E-state index in [-0.39, 0.29) is 81.0 Å². The smallest absolute Gasteiger partial charge is 0.329 e. The summed E-state index contributed by atoms with van der Waals surface area (Å²) >= 11 is 0. The number of rotatable bonds is 52. The van der Waals surface area contributed by atoms with Gasteiger partial charge in [-0.3, -0.25) is 91.1 Å². The Bertz CT molecular complexity index is 3570. The molecule has 19 N–H and O–H groups in total. The second-order valence-electron chi connectivity index (χ2n) is 35.9. The van der Waals surface area contributed by atoms with Crippen LogP contribution >= 0.6 is 0 Å². The number of hydrogen-bond acceptors (Lipinski definition) is 22. The quantitative estimate of drug-likeness (QED) is 0.0304. The highest BCUT2D eigenvalue weighted by atomic mass is 16.5. The Kier molecular flexibility index (Phi) is 52.3. The standard InChI is InChI=1S/C87H147N13O23/c1-17-19-20-21-22-23-57(101)43-76(111)92-61(34-46(3)4)68(103)42-56(26-33-77(112)113)80(115)93-59(27-31-74(90)109)71(106)44-58(51(13)14)83(118)95-62(35-47(5)6)69(104)40-54(24-29-72(88)107)81(116)99-66-45-123-87(122)78(52(15)18-2)100-82(117)55(25-30-73(89)108)41-70(105)63(36-48(7)8)96-86(121)65(38-50(11)12)98-84(119)60(28-32-75(91)110)94-85(120)64(37-49(9)10)97-79(114)53(16)39-67(66)102/h46-66,78,101H,17-45H2,1-16H3,(H2,88,107)(H2,89,108)(H2,90,109)(H2,91,110)(H,92,111)(H,93,115)(H,94,120)(H,95,118)(H,96,121)(H,97,114)(H,98,119)(H,99,116)(H,100,117)(H,112,113)/t52-,53-,54+,55-,56-,57+,58+,59+,60+,61-,62+,63-,64+,65-,66+,78-/m0/s1. The van der Waals surface area contributed by atoms with E-state index in [0.717, 1.165) is 25.7 Å². The van der Waals surface area contributed by atoms with Gasteiger partial charge in [0, 0.05) is 93.8 Å². The van der Waals surface area contributed by atoms with E-state index < -0.39 is 316 Å². The maximum absolute atomic E-state index is 15.0. The van der Waals surface area contributed by atoms with Gasteiger partial charge in [0.05, 0.1) is 36.7 Å². The van der Waals surface area contributed by atoms with E-state index in [2.05, 4.69) is 54.8 Å². The van der Waals surface area contributed by atoms with Crippen molar-refractivity contribution in [1.29, 1.82) is 0 Å². The summed E-state index contributed by atoms with van der Waals surface area (Å²) in [5.74, 6) is -28.1. The molecule has 0 aromatic carbocycles. The van der Waals surface area contributed by atoms with Gasteiger partial charge in [0.25, 0.3) is 0 Å². The monoisotopic (exact) mass is 1740 g/mol. The number of unbranched alkanes of at least 4 members (excludes halogenated alkanes) is 4. The van der Waals surface area contributed by atoms with Crippen LogP contribution in [0.4, 0.5) is 0 Å². The summed E-state index contributed by atoms with van der Waals surface area (Å²) in [7, 11) is 0. The SMILES string of the molecule is CCCCCCC[C@@H](O)CC(=O)N[C@@H](CC(C)C)C(=O)C[C@H](CCC(=O)O)C(=O)N[C@H](CCC(N)=O)C(=O)C[C@@H](C(=O)N[C@H](CC(C)C)C(=O)C[C@@H](CCC(N)=O)C(=O)N[C@@H]1COC(=O)[C@H]([C@@H](C)CC)NC(=O)[C@@H](CCC(N)=O)CC(=O)[C@H](CC(C)C)NC(=O)[C@H](CC(C)C)NC(=O)[C@@H](CCC(N)=O)NC(=O)[C@@H](CC(C)C)NC(=O)[C@@H](C)CC1=O)C(C)C. The lowest BCUT2D eigenvalue weighted by Gasteiger charge is -2.29. The van der Waals surface area contributed by atoms with Crippen molar-refractivity contribution >= 4 is 118 Å². The van der Waals surface area contributed by atoms with Crippen LogP contribution in [0.5, 0.6) is 0 Å². The minimum Gasteiger partial charge on any atom is -0.481 e. The number of esters is 1. The lowest BCUT2D eigenvalue weighted by molar-refractivity contribution is -0.152. The fourth-order valence-electron chi connectivity index (χ4n) is 14.3. The first-order valence-electron chi connectivity index (χ1n) is 44.0. The van der Waals surface area contributed by atoms with Crippen molar-refractivity contribution < 1.29 is 111 Å². The van der Waals surface area contributed by atoms with Gasteiger partial charge in [-0.25, -0.2) is 4.79 Å². The molecule has 0 spiro atoms. The van der Waals surface area contributed by atoms with Gasteiger partial charge >= 0.3 is 11.9 Å². The molecule has 36 nitrogen and oxygen atoms in total. The maximum atomic E-state index is 15.0. The summed E-state index contributed by atoms with van der Waals surface area (Å²) in [4.78, 5) is 279. The second kappa shape index (κ2) is 57.7. The molecule has 123 heavy (non-hydrogen) atoms. The molecule has 1 aliphatic heterocycles. The highest BCUT2D eigenvalue weighted by Gasteiger charge is 2.41. The fourth-order valence-corrected chi connectivity index (χ4v) is 14.3. The first kappa shape index (κ1) is 111. The molecule has 1 saturated heterocycles. The fraction of sp³-hybridized carbons (Fsp3) is 0.770. The zero-order chi connectivity index (χ0) is 93.8. The van der Waals surface area contributed by atoms with Gasteiger partial charge in [0.2, 0.25) is 76.8 Å². The van der Waals surface area contributed by atoms with Crippen LogP contribution in [0.3, 0.4) is 0 Å². The summed E-state index contributed by atoms with van der Waals surface area (Å²) in [6.45, 7) is 26.2. The first-order chi connectivity index (χ1) is 57.4. The van der Waals surface area contributed by atoms with E-state index >= 15 is 4.79 Å². The third kappa shape index (κ3) is 45.5. The van der Waals surface area contributed by atoms with Crippen molar-refractivity contribution in [2.24, 2.45) is 93.9 Å². The summed E-state index contributed by atoms with van der Waals surface area (Å²) in [5.41, 5.74) is 22.3. The highest BCUT2D eigenvalue weighted by molar-refractivity contribution is 6.01. The Morgan fingerprint density at radius 3 is 1.41 bits per heavy atom. The molecule has 1 heterocycles. The molecule has 13 amide bonds. The van der Waals surface area contributed by atoms with E-state index in [1.54, 1.807) is 96.9 Å². The Morgan fingerprint density at radius 1 is 0.455 bits per heavy atom. The lowest BCUT2D eigenvalue weighted by Crippen LogP contribution is -2.58. The van der Waals surface area contributed by atoms with Crippen molar-refractivity contribution in [2.75, 3.05) is 6.61 Å². The average Bonchev–Trinajstić information content (AvgIpc) is 1.16. The minimum absolute atomic E-state index is 0.00487. The van der Waals surface area contributed by atoms with Gasteiger partial charge in [-0.15, -0.1) is 0 Å². The van der Waals surface area contributed by atoms with Gasteiger partial charge in [0.1, 0.15) is 36.8 Å². The van der Waals surface area contributed by atoms with Crippen LogP contribution in [0, 0.1) is 71.0 Å². The van der Waals surface area contributed by atoms with E-state index in [9.17, 15) is 101 Å². The number of aliphatic hydroxyl groups excluding tert-OH is 1. The van der Waals surface area contributed by atoms with Gasteiger partial charge in [0.15, 0.2) is 28.9 Å². The topological polar surface area (TPSA) is 603 Å². The Hall–Kier alpha value is -9.64. The lowest BCUT2D eigenvalue weighted by atomic mass is 9.85. The first-order valence-corrected chi connectivity index (χ1v) is 44.0.